The van der Waals surface area contributed by atoms with Crippen LogP contribution in [-0.4, -0.2) is 30.4 Å². The van der Waals surface area contributed by atoms with Gasteiger partial charge in [0.1, 0.15) is 11.8 Å². The number of rotatable bonds is 6. The Morgan fingerprint density at radius 1 is 1.15 bits per heavy atom. The minimum atomic E-state index is -0.816. The summed E-state index contributed by atoms with van der Waals surface area (Å²) in [4.78, 5) is 38.1. The van der Waals surface area contributed by atoms with Gasteiger partial charge in [0, 0.05) is 10.0 Å². The fourth-order valence-electron chi connectivity index (χ4n) is 2.70. The third-order valence-corrected chi connectivity index (χ3v) is 4.55. The van der Waals surface area contributed by atoms with E-state index < -0.39 is 11.9 Å². The molecule has 0 bridgehead atoms. The number of hydrazine groups is 1. The van der Waals surface area contributed by atoms with Crippen molar-refractivity contribution in [2.24, 2.45) is 0 Å². The Balaban J connectivity index is 1.63. The van der Waals surface area contributed by atoms with Crippen LogP contribution in [0.25, 0.3) is 0 Å². The van der Waals surface area contributed by atoms with Crippen LogP contribution in [0.1, 0.15) is 23.7 Å². The molecule has 1 unspecified atom stereocenters. The summed E-state index contributed by atoms with van der Waals surface area (Å²) in [7, 11) is 0. The van der Waals surface area contributed by atoms with E-state index in [-0.39, 0.29) is 18.2 Å². The lowest BCUT2D eigenvalue weighted by Crippen LogP contribution is -2.48. The molecule has 0 aliphatic carbocycles. The van der Waals surface area contributed by atoms with Crippen molar-refractivity contribution >= 4 is 39.3 Å². The Kier molecular flexibility index (Phi) is 5.88. The molecule has 3 amide bonds. The Bertz CT molecular complexity index is 852. The number of nitrogens with one attached hydrogen (secondary N) is 2. The first-order valence-corrected chi connectivity index (χ1v) is 9.20. The van der Waals surface area contributed by atoms with Gasteiger partial charge in [-0.3, -0.25) is 19.8 Å². The van der Waals surface area contributed by atoms with Crippen molar-refractivity contribution < 1.29 is 19.1 Å². The minimum Gasteiger partial charge on any atom is -0.494 e. The van der Waals surface area contributed by atoms with Gasteiger partial charge in [-0.1, -0.05) is 15.9 Å². The first-order valence-electron chi connectivity index (χ1n) is 8.40. The number of carbonyl (C=O) groups excluding carboxylic acids is 3. The normalized spacial score (nSPS) is 16.5. The van der Waals surface area contributed by atoms with Crippen molar-refractivity contribution in [1.29, 1.82) is 0 Å². The second kappa shape index (κ2) is 8.32. The number of imide groups is 1. The summed E-state index contributed by atoms with van der Waals surface area (Å²) in [6.07, 6.45) is -0.0351. The zero-order chi connectivity index (χ0) is 19.4. The summed E-state index contributed by atoms with van der Waals surface area (Å²) in [6, 6.07) is 12.7. The number of amides is 3. The maximum Gasteiger partial charge on any atom is 0.265 e. The smallest absolute Gasteiger partial charge is 0.265 e. The van der Waals surface area contributed by atoms with E-state index in [1.54, 1.807) is 48.5 Å². The van der Waals surface area contributed by atoms with Gasteiger partial charge < -0.3 is 4.74 Å². The van der Waals surface area contributed by atoms with Crippen molar-refractivity contribution in [1.82, 2.24) is 10.9 Å². The van der Waals surface area contributed by atoms with Crippen LogP contribution >= 0.6 is 15.9 Å². The number of anilines is 1. The van der Waals surface area contributed by atoms with E-state index >= 15 is 0 Å². The predicted molar refractivity (Wildman–Crippen MR) is 103 cm³/mol. The summed E-state index contributed by atoms with van der Waals surface area (Å²) in [5.41, 5.74) is 6.05. The highest BCUT2D eigenvalue weighted by molar-refractivity contribution is 9.10. The molecule has 2 aromatic rings. The van der Waals surface area contributed by atoms with Crippen LogP contribution in [0.5, 0.6) is 5.75 Å². The Morgan fingerprint density at radius 3 is 2.44 bits per heavy atom. The largest absolute Gasteiger partial charge is 0.494 e. The van der Waals surface area contributed by atoms with Crippen LogP contribution in [0.3, 0.4) is 0 Å². The van der Waals surface area contributed by atoms with Crippen LogP contribution < -0.4 is 20.5 Å². The number of hydrogen-bond donors (Lipinski definition) is 2. The molecule has 2 aromatic carbocycles. The molecule has 0 aromatic heterocycles. The van der Waals surface area contributed by atoms with Gasteiger partial charge in [0.05, 0.1) is 18.7 Å². The lowest BCUT2D eigenvalue weighted by Gasteiger charge is -2.16. The summed E-state index contributed by atoms with van der Waals surface area (Å²) in [5.74, 6) is -0.473. The van der Waals surface area contributed by atoms with Gasteiger partial charge in [-0.25, -0.2) is 10.3 Å². The molecule has 27 heavy (non-hydrogen) atoms. The highest BCUT2D eigenvalue weighted by atomic mass is 79.9. The maximum atomic E-state index is 12.6. The molecule has 0 saturated carbocycles. The summed E-state index contributed by atoms with van der Waals surface area (Å²) in [5, 5.41) is 0. The van der Waals surface area contributed by atoms with E-state index in [9.17, 15) is 14.4 Å². The first-order chi connectivity index (χ1) is 13.0. The van der Waals surface area contributed by atoms with E-state index in [4.69, 9.17) is 4.74 Å². The lowest BCUT2D eigenvalue weighted by atomic mass is 10.2. The molecule has 140 valence electrons. The lowest BCUT2D eigenvalue weighted by molar-refractivity contribution is -0.121. The molecular weight excluding hydrogens is 414 g/mol. The fourth-order valence-corrected chi connectivity index (χ4v) is 2.96. The number of carbonyl (C=O) groups is 3. The van der Waals surface area contributed by atoms with Crippen molar-refractivity contribution in [2.75, 3.05) is 11.5 Å². The fraction of sp³-hybridized carbons (Fsp3) is 0.211. The van der Waals surface area contributed by atoms with Crippen molar-refractivity contribution in [3.8, 4) is 5.75 Å². The number of hydrogen-bond acceptors (Lipinski definition) is 5. The standard InChI is InChI=1S/C19H18BrN3O4/c1-2-27-15-9-7-14(8-10-15)23-17(24)11-16(19(23)26)21-22-18(25)12-3-5-13(20)6-4-12/h3-10,16,21H,2,11H2,1H3,(H,22,25). The number of benzene rings is 2. The van der Waals surface area contributed by atoms with Crippen LogP contribution in [0, 0.1) is 0 Å². The summed E-state index contributed by atoms with van der Waals surface area (Å²) >= 11 is 3.30. The third-order valence-electron chi connectivity index (χ3n) is 4.02. The minimum absolute atomic E-state index is 0.0351. The van der Waals surface area contributed by atoms with Crippen LogP contribution in [0.15, 0.2) is 53.0 Å². The van der Waals surface area contributed by atoms with Crippen molar-refractivity contribution in [3.05, 3.63) is 58.6 Å². The molecular formula is C19H18BrN3O4. The average molecular weight is 432 g/mol. The number of ether oxygens (including phenoxy) is 1. The predicted octanol–water partition coefficient (Wildman–Crippen LogP) is 2.41. The second-order valence-electron chi connectivity index (χ2n) is 5.86. The number of nitrogens with zero attached hydrogens (tertiary/aromatic N) is 1. The van der Waals surface area contributed by atoms with Gasteiger partial charge in [0.2, 0.25) is 5.91 Å². The molecule has 0 radical (unpaired) electrons. The molecule has 1 heterocycles. The molecule has 1 aliphatic heterocycles. The molecule has 0 spiro atoms. The summed E-state index contributed by atoms with van der Waals surface area (Å²) in [6.45, 7) is 2.41. The van der Waals surface area contributed by atoms with E-state index in [0.717, 1.165) is 9.37 Å². The topological polar surface area (TPSA) is 87.7 Å². The molecule has 7 nitrogen and oxygen atoms in total. The van der Waals surface area contributed by atoms with Gasteiger partial charge in [-0.05, 0) is 55.5 Å². The second-order valence-corrected chi connectivity index (χ2v) is 6.77. The van der Waals surface area contributed by atoms with E-state index in [2.05, 4.69) is 26.8 Å². The number of halogens is 1. The average Bonchev–Trinajstić information content (AvgIpc) is 2.95. The van der Waals surface area contributed by atoms with Gasteiger partial charge in [0.15, 0.2) is 0 Å². The quantitative estimate of drug-likeness (QED) is 0.541. The zero-order valence-electron chi connectivity index (χ0n) is 14.6. The van der Waals surface area contributed by atoms with Crippen LogP contribution in [0.2, 0.25) is 0 Å². The van der Waals surface area contributed by atoms with Crippen molar-refractivity contribution in [3.63, 3.8) is 0 Å². The van der Waals surface area contributed by atoms with E-state index in [1.165, 1.54) is 0 Å². The first kappa shape index (κ1) is 19.1. The van der Waals surface area contributed by atoms with Crippen LogP contribution in [-0.2, 0) is 9.59 Å². The van der Waals surface area contributed by atoms with Crippen molar-refractivity contribution in [2.45, 2.75) is 19.4 Å². The molecule has 3 rings (SSSR count). The summed E-state index contributed by atoms with van der Waals surface area (Å²) < 4.78 is 6.22. The molecule has 1 aliphatic rings. The molecule has 1 fully saturated rings. The molecule has 1 saturated heterocycles. The molecule has 2 N–H and O–H groups in total. The van der Waals surface area contributed by atoms with E-state index in [1.807, 2.05) is 6.92 Å². The van der Waals surface area contributed by atoms with Gasteiger partial charge in [-0.2, -0.15) is 0 Å². The zero-order valence-corrected chi connectivity index (χ0v) is 16.2. The molecule has 8 heteroatoms. The van der Waals surface area contributed by atoms with Crippen LogP contribution in [0.4, 0.5) is 5.69 Å². The van der Waals surface area contributed by atoms with Gasteiger partial charge in [-0.15, -0.1) is 0 Å². The van der Waals surface area contributed by atoms with E-state index in [0.29, 0.717) is 23.6 Å². The van der Waals surface area contributed by atoms with Gasteiger partial charge in [0.25, 0.3) is 11.8 Å². The third kappa shape index (κ3) is 4.35. The molecule has 1 atom stereocenters. The van der Waals surface area contributed by atoms with Gasteiger partial charge >= 0.3 is 0 Å². The Morgan fingerprint density at radius 2 is 1.81 bits per heavy atom. The Hall–Kier alpha value is -2.71. The highest BCUT2D eigenvalue weighted by Crippen LogP contribution is 2.25. The maximum absolute atomic E-state index is 12.6. The monoisotopic (exact) mass is 431 g/mol. The highest BCUT2D eigenvalue weighted by Gasteiger charge is 2.39. The Labute approximate surface area is 164 Å². The SMILES string of the molecule is CCOc1ccc(N2C(=O)CC(NNC(=O)c3ccc(Br)cc3)C2=O)cc1.